The number of nitrogens with one attached hydrogen (secondary N) is 1. The maximum Gasteiger partial charge on any atom is 0.272 e. The highest BCUT2D eigenvalue weighted by Crippen LogP contribution is 2.20. The molecule has 0 spiro atoms. The molecule has 0 fully saturated rings. The molecule has 0 aliphatic rings. The van der Waals surface area contributed by atoms with Gasteiger partial charge in [-0.2, -0.15) is 0 Å². The molecule has 0 aliphatic heterocycles. The first-order valence-electron chi connectivity index (χ1n) is 6.03. The zero-order valence-corrected chi connectivity index (χ0v) is 11.7. The predicted molar refractivity (Wildman–Crippen MR) is 80.8 cm³/mol. The Morgan fingerprint density at radius 2 is 2.25 bits per heavy atom. The minimum absolute atomic E-state index is 0.183. The Bertz CT molecular complexity index is 695. The van der Waals surface area contributed by atoms with E-state index < -0.39 is 0 Å². The van der Waals surface area contributed by atoms with E-state index in [4.69, 9.17) is 17.3 Å². The van der Waals surface area contributed by atoms with Crippen molar-refractivity contribution in [1.82, 2.24) is 4.57 Å². The summed E-state index contributed by atoms with van der Waals surface area (Å²) in [6.45, 7) is 0.260. The van der Waals surface area contributed by atoms with Gasteiger partial charge in [0.15, 0.2) is 0 Å². The summed E-state index contributed by atoms with van der Waals surface area (Å²) in [5, 5.41) is 3.34. The average Bonchev–Trinajstić information content (AvgIpc) is 2.85. The number of benzene rings is 1. The normalized spacial score (nSPS) is 9.75. The zero-order chi connectivity index (χ0) is 14.5. The highest BCUT2D eigenvalue weighted by atomic mass is 35.5. The Morgan fingerprint density at radius 3 is 2.90 bits per heavy atom. The van der Waals surface area contributed by atoms with Gasteiger partial charge < -0.3 is 15.6 Å². The van der Waals surface area contributed by atoms with Crippen molar-refractivity contribution in [3.05, 3.63) is 52.8 Å². The van der Waals surface area contributed by atoms with Gasteiger partial charge in [0.1, 0.15) is 5.69 Å². The Balaban J connectivity index is 2.22. The largest absolute Gasteiger partial charge is 0.347 e. The molecular formula is C15H14ClN3O. The quantitative estimate of drug-likeness (QED) is 0.832. The number of aromatic nitrogens is 1. The second-order valence-electron chi connectivity index (χ2n) is 4.16. The topological polar surface area (TPSA) is 60.0 Å². The van der Waals surface area contributed by atoms with E-state index >= 15 is 0 Å². The first-order valence-corrected chi connectivity index (χ1v) is 6.41. The van der Waals surface area contributed by atoms with Crippen molar-refractivity contribution in [3.8, 4) is 11.8 Å². The zero-order valence-electron chi connectivity index (χ0n) is 11.0. The standard InChI is InChI=1S/C15H14ClN3O/c1-19-9-3-5-14(19)15(20)18-12-6-7-13(16)11(10-12)4-2-8-17/h3,5-7,9-10H,8,17H2,1H3,(H,18,20). The molecule has 0 saturated carbocycles. The molecule has 5 heteroatoms. The van der Waals surface area contributed by atoms with Crippen molar-refractivity contribution in [2.75, 3.05) is 11.9 Å². The van der Waals surface area contributed by atoms with Gasteiger partial charge in [-0.25, -0.2) is 0 Å². The summed E-state index contributed by atoms with van der Waals surface area (Å²) in [6, 6.07) is 8.72. The van der Waals surface area contributed by atoms with E-state index in [9.17, 15) is 4.79 Å². The number of aryl methyl sites for hydroxylation is 1. The van der Waals surface area contributed by atoms with Crippen LogP contribution in [0.2, 0.25) is 5.02 Å². The summed E-state index contributed by atoms with van der Waals surface area (Å²) < 4.78 is 1.75. The fraction of sp³-hybridized carbons (Fsp3) is 0.133. The number of carbonyl (C=O) groups excluding carboxylic acids is 1. The highest BCUT2D eigenvalue weighted by Gasteiger charge is 2.09. The van der Waals surface area contributed by atoms with Gasteiger partial charge in [-0.15, -0.1) is 0 Å². The van der Waals surface area contributed by atoms with Crippen LogP contribution in [0.4, 0.5) is 5.69 Å². The first-order chi connectivity index (χ1) is 9.61. The van der Waals surface area contributed by atoms with Crippen molar-refractivity contribution in [3.63, 3.8) is 0 Å². The molecule has 0 atom stereocenters. The molecule has 1 aromatic carbocycles. The lowest BCUT2D eigenvalue weighted by atomic mass is 10.2. The molecule has 0 unspecified atom stereocenters. The van der Waals surface area contributed by atoms with Crippen molar-refractivity contribution in [2.45, 2.75) is 0 Å². The summed E-state index contributed by atoms with van der Waals surface area (Å²) >= 11 is 6.03. The Hall–Kier alpha value is -2.22. The summed E-state index contributed by atoms with van der Waals surface area (Å²) in [5.41, 5.74) is 7.20. The smallest absolute Gasteiger partial charge is 0.272 e. The maximum absolute atomic E-state index is 12.1. The number of hydrogen-bond acceptors (Lipinski definition) is 2. The van der Waals surface area contributed by atoms with E-state index in [2.05, 4.69) is 17.2 Å². The number of amides is 1. The molecule has 0 radical (unpaired) electrons. The molecule has 0 saturated heterocycles. The van der Waals surface area contributed by atoms with Gasteiger partial charge in [0.2, 0.25) is 0 Å². The summed E-state index contributed by atoms with van der Waals surface area (Å²) in [6.07, 6.45) is 1.81. The molecule has 0 aliphatic carbocycles. The van der Waals surface area contributed by atoms with Crippen molar-refractivity contribution in [2.24, 2.45) is 12.8 Å². The fourth-order valence-electron chi connectivity index (χ4n) is 1.74. The summed E-state index contributed by atoms with van der Waals surface area (Å²) in [5.74, 6) is 5.43. The van der Waals surface area contributed by atoms with Crippen LogP contribution in [0, 0.1) is 11.8 Å². The predicted octanol–water partition coefficient (Wildman–Crippen LogP) is 2.24. The van der Waals surface area contributed by atoms with E-state index in [0.717, 1.165) is 0 Å². The van der Waals surface area contributed by atoms with Crippen LogP contribution in [-0.4, -0.2) is 17.0 Å². The van der Waals surface area contributed by atoms with Crippen LogP contribution in [0.15, 0.2) is 36.5 Å². The van der Waals surface area contributed by atoms with Crippen LogP contribution in [0.1, 0.15) is 16.1 Å². The van der Waals surface area contributed by atoms with Crippen LogP contribution in [0.5, 0.6) is 0 Å². The Labute approximate surface area is 122 Å². The van der Waals surface area contributed by atoms with Crippen molar-refractivity contribution >= 4 is 23.2 Å². The number of anilines is 1. The SMILES string of the molecule is Cn1cccc1C(=O)Nc1ccc(Cl)c(C#CCN)c1. The molecule has 4 nitrogen and oxygen atoms in total. The first kappa shape index (κ1) is 14.2. The van der Waals surface area contributed by atoms with Gasteiger partial charge in [0.05, 0.1) is 11.6 Å². The number of hydrogen-bond donors (Lipinski definition) is 2. The van der Waals surface area contributed by atoms with Gasteiger partial charge in [0, 0.05) is 24.5 Å². The second kappa shape index (κ2) is 6.29. The van der Waals surface area contributed by atoms with E-state index in [-0.39, 0.29) is 12.5 Å². The van der Waals surface area contributed by atoms with Crippen LogP contribution in [0.25, 0.3) is 0 Å². The second-order valence-corrected chi connectivity index (χ2v) is 4.57. The molecule has 2 rings (SSSR count). The molecule has 1 amide bonds. The number of nitrogens with two attached hydrogens (primary N) is 1. The minimum atomic E-state index is -0.183. The van der Waals surface area contributed by atoms with Crippen LogP contribution in [0.3, 0.4) is 0 Å². The maximum atomic E-state index is 12.1. The molecule has 0 bridgehead atoms. The van der Waals surface area contributed by atoms with Gasteiger partial charge >= 0.3 is 0 Å². The minimum Gasteiger partial charge on any atom is -0.347 e. The third kappa shape index (κ3) is 3.21. The van der Waals surface area contributed by atoms with Crippen LogP contribution < -0.4 is 11.1 Å². The summed E-state index contributed by atoms with van der Waals surface area (Å²) in [7, 11) is 1.81. The van der Waals surface area contributed by atoms with Crippen molar-refractivity contribution in [1.29, 1.82) is 0 Å². The number of rotatable bonds is 2. The number of carbonyl (C=O) groups is 1. The highest BCUT2D eigenvalue weighted by molar-refractivity contribution is 6.31. The van der Waals surface area contributed by atoms with Crippen LogP contribution in [-0.2, 0) is 7.05 Å². The Morgan fingerprint density at radius 1 is 1.45 bits per heavy atom. The van der Waals surface area contributed by atoms with E-state index in [1.165, 1.54) is 0 Å². The molecular weight excluding hydrogens is 274 g/mol. The molecule has 1 heterocycles. The van der Waals surface area contributed by atoms with Crippen molar-refractivity contribution < 1.29 is 4.79 Å². The van der Waals surface area contributed by atoms with Gasteiger partial charge in [0.25, 0.3) is 5.91 Å². The fourth-order valence-corrected chi connectivity index (χ4v) is 1.90. The molecule has 1 aromatic heterocycles. The lowest BCUT2D eigenvalue weighted by Crippen LogP contribution is -2.15. The molecule has 3 N–H and O–H groups in total. The van der Waals surface area contributed by atoms with Gasteiger partial charge in [-0.1, -0.05) is 23.4 Å². The lowest BCUT2D eigenvalue weighted by Gasteiger charge is -2.07. The van der Waals surface area contributed by atoms with Gasteiger partial charge in [-0.05, 0) is 30.3 Å². The molecule has 20 heavy (non-hydrogen) atoms. The molecule has 2 aromatic rings. The molecule has 102 valence electrons. The number of halogens is 1. The lowest BCUT2D eigenvalue weighted by molar-refractivity contribution is 0.101. The van der Waals surface area contributed by atoms with Gasteiger partial charge in [-0.3, -0.25) is 4.79 Å². The summed E-state index contributed by atoms with van der Waals surface area (Å²) in [4.78, 5) is 12.1. The third-order valence-corrected chi connectivity index (χ3v) is 3.06. The third-order valence-electron chi connectivity index (χ3n) is 2.73. The van der Waals surface area contributed by atoms with E-state index in [1.54, 1.807) is 28.8 Å². The van der Waals surface area contributed by atoms with E-state index in [0.29, 0.717) is 22.0 Å². The number of nitrogens with zero attached hydrogens (tertiary/aromatic N) is 1. The average molecular weight is 288 g/mol. The van der Waals surface area contributed by atoms with Crippen LogP contribution >= 0.6 is 11.6 Å². The Kier molecular flexibility index (Phi) is 4.46. The van der Waals surface area contributed by atoms with E-state index in [1.807, 2.05) is 19.3 Å². The monoisotopic (exact) mass is 287 g/mol.